The number of likely N-dealkylation sites (N-methyl/N-ethyl adjacent to an activating group) is 1. The summed E-state index contributed by atoms with van der Waals surface area (Å²) in [4.78, 5) is 41.3. The van der Waals surface area contributed by atoms with E-state index in [0.29, 0.717) is 5.92 Å². The lowest BCUT2D eigenvalue weighted by Gasteiger charge is -2.42. The fourth-order valence-corrected chi connectivity index (χ4v) is 4.94. The van der Waals surface area contributed by atoms with Crippen molar-refractivity contribution in [2.75, 3.05) is 6.54 Å². The summed E-state index contributed by atoms with van der Waals surface area (Å²) in [5, 5.41) is 13.8. The average molecular weight is 450 g/mol. The van der Waals surface area contributed by atoms with Gasteiger partial charge in [-0.25, -0.2) is 4.79 Å². The molecule has 0 radical (unpaired) electrons. The third kappa shape index (κ3) is 4.93. The number of rotatable bonds is 6. The van der Waals surface area contributed by atoms with Gasteiger partial charge in [-0.2, -0.15) is 0 Å². The Morgan fingerprint density at radius 2 is 1.58 bits per heavy atom. The number of nitrogens with zero attached hydrogens (tertiary/aromatic N) is 2. The highest BCUT2D eigenvalue weighted by Gasteiger charge is 2.48. The van der Waals surface area contributed by atoms with Gasteiger partial charge in [-0.3, -0.25) is 14.5 Å². The molecule has 1 aliphatic carbocycles. The van der Waals surface area contributed by atoms with Gasteiger partial charge in [0.05, 0.1) is 0 Å². The summed E-state index contributed by atoms with van der Waals surface area (Å²) in [7, 11) is 0. The van der Waals surface area contributed by atoms with Gasteiger partial charge >= 0.3 is 6.03 Å². The zero-order valence-corrected chi connectivity index (χ0v) is 18.9. The molecule has 2 aliphatic rings. The molecule has 4 rings (SSSR count). The monoisotopic (exact) mass is 449 g/mol. The molecular formula is C26H31N3O4. The number of hydrogen-bond donors (Lipinski definition) is 2. The number of benzene rings is 2. The SMILES string of the molecule is CCN1C(=O)C(O)C(C(=O)NC2CCC(c3ccccc3)CC2)N(Cc2ccccc2)C1=O. The summed E-state index contributed by atoms with van der Waals surface area (Å²) in [6, 6.07) is 17.8. The second-order valence-electron chi connectivity index (χ2n) is 8.84. The smallest absolute Gasteiger partial charge is 0.327 e. The van der Waals surface area contributed by atoms with Gasteiger partial charge < -0.3 is 15.3 Å². The molecular weight excluding hydrogens is 418 g/mol. The lowest BCUT2D eigenvalue weighted by atomic mass is 9.81. The van der Waals surface area contributed by atoms with E-state index < -0.39 is 30.0 Å². The maximum absolute atomic E-state index is 13.3. The van der Waals surface area contributed by atoms with Gasteiger partial charge in [-0.15, -0.1) is 0 Å². The molecule has 0 spiro atoms. The average Bonchev–Trinajstić information content (AvgIpc) is 2.84. The summed E-state index contributed by atoms with van der Waals surface area (Å²) in [5.74, 6) is -0.728. The van der Waals surface area contributed by atoms with Crippen LogP contribution in [-0.2, 0) is 16.1 Å². The van der Waals surface area contributed by atoms with Crippen LogP contribution in [0.15, 0.2) is 60.7 Å². The third-order valence-electron chi connectivity index (χ3n) is 6.76. The van der Waals surface area contributed by atoms with Crippen LogP contribution in [0.1, 0.15) is 49.7 Å². The maximum atomic E-state index is 13.3. The number of carbonyl (C=O) groups excluding carboxylic acids is 3. The minimum Gasteiger partial charge on any atom is -0.381 e. The van der Waals surface area contributed by atoms with Crippen LogP contribution in [0.5, 0.6) is 0 Å². The van der Waals surface area contributed by atoms with Gasteiger partial charge in [0.25, 0.3) is 5.91 Å². The Morgan fingerprint density at radius 3 is 2.18 bits per heavy atom. The van der Waals surface area contributed by atoms with E-state index in [2.05, 4.69) is 17.4 Å². The van der Waals surface area contributed by atoms with Gasteiger partial charge in [-0.05, 0) is 49.7 Å². The van der Waals surface area contributed by atoms with Crippen LogP contribution in [0.2, 0.25) is 0 Å². The first-order valence-electron chi connectivity index (χ1n) is 11.7. The first kappa shape index (κ1) is 23.0. The maximum Gasteiger partial charge on any atom is 0.327 e. The van der Waals surface area contributed by atoms with Gasteiger partial charge in [0, 0.05) is 19.1 Å². The second kappa shape index (κ2) is 10.2. The van der Waals surface area contributed by atoms with Crippen LogP contribution < -0.4 is 5.32 Å². The lowest BCUT2D eigenvalue weighted by Crippen LogP contribution is -2.68. The van der Waals surface area contributed by atoms with E-state index >= 15 is 0 Å². The Hall–Kier alpha value is -3.19. The van der Waals surface area contributed by atoms with Crippen molar-refractivity contribution in [3.63, 3.8) is 0 Å². The van der Waals surface area contributed by atoms with Crippen molar-refractivity contribution in [3.05, 3.63) is 71.8 Å². The molecule has 1 saturated heterocycles. The molecule has 7 nitrogen and oxygen atoms in total. The summed E-state index contributed by atoms with van der Waals surface area (Å²) >= 11 is 0. The zero-order valence-electron chi connectivity index (χ0n) is 18.9. The number of nitrogens with one attached hydrogen (secondary N) is 1. The molecule has 2 fully saturated rings. The molecule has 2 N–H and O–H groups in total. The standard InChI is InChI=1S/C26H31N3O4/c1-2-28-25(32)23(30)22(29(26(28)33)17-18-9-5-3-6-10-18)24(31)27-21-15-13-20(14-16-21)19-11-7-4-8-12-19/h3-12,20-23,30H,2,13-17H2,1H3,(H,27,31). The molecule has 2 aromatic carbocycles. The molecule has 4 amide bonds. The Morgan fingerprint density at radius 1 is 0.970 bits per heavy atom. The van der Waals surface area contributed by atoms with E-state index in [1.165, 1.54) is 10.5 Å². The van der Waals surface area contributed by atoms with Gasteiger partial charge in [0.15, 0.2) is 6.10 Å². The van der Waals surface area contributed by atoms with E-state index in [9.17, 15) is 19.5 Å². The minimum absolute atomic E-state index is 0.0438. The number of hydrogen-bond acceptors (Lipinski definition) is 4. The van der Waals surface area contributed by atoms with Crippen LogP contribution >= 0.6 is 0 Å². The van der Waals surface area contributed by atoms with Crippen molar-refractivity contribution in [2.24, 2.45) is 0 Å². The number of urea groups is 1. The van der Waals surface area contributed by atoms with Crippen molar-refractivity contribution in [3.8, 4) is 0 Å². The summed E-state index contributed by atoms with van der Waals surface area (Å²) < 4.78 is 0. The molecule has 2 aromatic rings. The van der Waals surface area contributed by atoms with Crippen LogP contribution in [0, 0.1) is 0 Å². The number of aliphatic hydroxyl groups excluding tert-OH is 1. The third-order valence-corrected chi connectivity index (χ3v) is 6.76. The quantitative estimate of drug-likeness (QED) is 0.709. The number of carbonyl (C=O) groups is 3. The summed E-state index contributed by atoms with van der Waals surface area (Å²) in [6.45, 7) is 1.95. The van der Waals surface area contributed by atoms with Crippen molar-refractivity contribution in [1.82, 2.24) is 15.1 Å². The highest BCUT2D eigenvalue weighted by molar-refractivity contribution is 6.05. The Labute approximate surface area is 194 Å². The van der Waals surface area contributed by atoms with E-state index in [0.717, 1.165) is 36.1 Å². The molecule has 1 aliphatic heterocycles. The topological polar surface area (TPSA) is 89.9 Å². The van der Waals surface area contributed by atoms with E-state index in [-0.39, 0.29) is 19.1 Å². The molecule has 174 valence electrons. The van der Waals surface area contributed by atoms with Crippen molar-refractivity contribution in [2.45, 2.75) is 63.3 Å². The van der Waals surface area contributed by atoms with E-state index in [1.54, 1.807) is 6.92 Å². The molecule has 0 aromatic heterocycles. The van der Waals surface area contributed by atoms with E-state index in [1.807, 2.05) is 48.5 Å². The minimum atomic E-state index is -1.59. The highest BCUT2D eigenvalue weighted by Crippen LogP contribution is 2.33. The fraction of sp³-hybridized carbons (Fsp3) is 0.423. The van der Waals surface area contributed by atoms with Crippen molar-refractivity contribution < 1.29 is 19.5 Å². The zero-order chi connectivity index (χ0) is 23.4. The van der Waals surface area contributed by atoms with Gasteiger partial charge in [0.1, 0.15) is 6.04 Å². The summed E-state index contributed by atoms with van der Waals surface area (Å²) in [5.41, 5.74) is 2.14. The number of imide groups is 1. The summed E-state index contributed by atoms with van der Waals surface area (Å²) in [6.07, 6.45) is 1.95. The molecule has 7 heteroatoms. The van der Waals surface area contributed by atoms with Crippen LogP contribution in [0.25, 0.3) is 0 Å². The molecule has 1 heterocycles. The Kier molecular flexibility index (Phi) is 7.08. The number of aliphatic hydroxyl groups is 1. The van der Waals surface area contributed by atoms with Gasteiger partial charge in [-0.1, -0.05) is 60.7 Å². The Bertz CT molecular complexity index is 974. The fourth-order valence-electron chi connectivity index (χ4n) is 4.94. The first-order chi connectivity index (χ1) is 16.0. The van der Waals surface area contributed by atoms with Crippen molar-refractivity contribution in [1.29, 1.82) is 0 Å². The molecule has 1 saturated carbocycles. The van der Waals surface area contributed by atoms with Crippen LogP contribution in [-0.4, -0.2) is 57.5 Å². The Balaban J connectivity index is 1.46. The van der Waals surface area contributed by atoms with E-state index in [4.69, 9.17) is 0 Å². The van der Waals surface area contributed by atoms with Crippen LogP contribution in [0.4, 0.5) is 4.79 Å². The largest absolute Gasteiger partial charge is 0.381 e. The lowest BCUT2D eigenvalue weighted by molar-refractivity contribution is -0.152. The highest BCUT2D eigenvalue weighted by atomic mass is 16.3. The second-order valence-corrected chi connectivity index (χ2v) is 8.84. The number of amides is 4. The first-order valence-corrected chi connectivity index (χ1v) is 11.7. The molecule has 2 atom stereocenters. The molecule has 33 heavy (non-hydrogen) atoms. The molecule has 2 unspecified atom stereocenters. The van der Waals surface area contributed by atoms with Gasteiger partial charge in [0.2, 0.25) is 5.91 Å². The predicted molar refractivity (Wildman–Crippen MR) is 124 cm³/mol. The predicted octanol–water partition coefficient (Wildman–Crippen LogP) is 3.04. The van der Waals surface area contributed by atoms with Crippen LogP contribution in [0.3, 0.4) is 0 Å². The normalized spacial score (nSPS) is 25.8. The van der Waals surface area contributed by atoms with Crippen molar-refractivity contribution >= 4 is 17.8 Å². The molecule has 0 bridgehead atoms.